The number of hydrogen-bond acceptors (Lipinski definition) is 7. The van der Waals surface area contributed by atoms with Crippen LogP contribution in [0.2, 0.25) is 0 Å². The highest BCUT2D eigenvalue weighted by Crippen LogP contribution is 2.36. The molecule has 0 bridgehead atoms. The van der Waals surface area contributed by atoms with Gasteiger partial charge in [-0.1, -0.05) is 6.07 Å². The summed E-state index contributed by atoms with van der Waals surface area (Å²) in [4.78, 5) is 33.5. The molecule has 1 saturated heterocycles. The second-order valence-electron chi connectivity index (χ2n) is 9.46. The van der Waals surface area contributed by atoms with Gasteiger partial charge in [-0.3, -0.25) is 4.79 Å². The van der Waals surface area contributed by atoms with Gasteiger partial charge in [0, 0.05) is 37.9 Å². The van der Waals surface area contributed by atoms with Crippen molar-refractivity contribution < 1.29 is 23.5 Å². The zero-order chi connectivity index (χ0) is 26.2. The van der Waals surface area contributed by atoms with E-state index in [1.165, 1.54) is 18.3 Å². The van der Waals surface area contributed by atoms with Crippen molar-refractivity contribution in [1.29, 1.82) is 5.26 Å². The Labute approximate surface area is 218 Å². The van der Waals surface area contributed by atoms with Crippen molar-refractivity contribution in [1.82, 2.24) is 9.88 Å². The Morgan fingerprint density at radius 2 is 1.89 bits per heavy atom. The highest BCUT2D eigenvalue weighted by molar-refractivity contribution is 6.06. The lowest BCUT2D eigenvalue weighted by Gasteiger charge is -2.35. The maximum atomic E-state index is 14.8. The van der Waals surface area contributed by atoms with Gasteiger partial charge in [-0.25, -0.2) is 14.2 Å². The molecule has 3 heterocycles. The topological polar surface area (TPSA) is 95.8 Å². The van der Waals surface area contributed by atoms with Gasteiger partial charge in [0.05, 0.1) is 22.8 Å². The van der Waals surface area contributed by atoms with Crippen molar-refractivity contribution in [2.24, 2.45) is 0 Å². The molecule has 0 spiro atoms. The number of benzene rings is 2. The molecule has 1 amide bonds. The van der Waals surface area contributed by atoms with E-state index in [4.69, 9.17) is 14.7 Å². The number of carbonyl (C=O) groups is 2. The number of cyclic esters (lactones) is 1. The van der Waals surface area contributed by atoms with Crippen molar-refractivity contribution in [3.63, 3.8) is 0 Å². The molecule has 9 heteroatoms. The van der Waals surface area contributed by atoms with Gasteiger partial charge in [-0.05, 0) is 66.9 Å². The Bertz CT molecular complexity index is 1500. The lowest BCUT2D eigenvalue weighted by atomic mass is 10.0. The van der Waals surface area contributed by atoms with Crippen LogP contribution in [-0.4, -0.2) is 54.0 Å². The van der Waals surface area contributed by atoms with Crippen molar-refractivity contribution in [3.05, 3.63) is 88.4 Å². The van der Waals surface area contributed by atoms with E-state index in [0.29, 0.717) is 59.9 Å². The van der Waals surface area contributed by atoms with E-state index in [-0.39, 0.29) is 11.7 Å². The number of anilines is 1. The highest BCUT2D eigenvalue weighted by atomic mass is 19.1. The monoisotopic (exact) mass is 510 g/mol. The van der Waals surface area contributed by atoms with Gasteiger partial charge in [0.15, 0.2) is 0 Å². The van der Waals surface area contributed by atoms with Crippen LogP contribution in [0.1, 0.15) is 50.2 Å². The van der Waals surface area contributed by atoms with Gasteiger partial charge in [-0.15, -0.1) is 0 Å². The van der Waals surface area contributed by atoms with Crippen LogP contribution in [0.5, 0.6) is 5.75 Å². The van der Waals surface area contributed by atoms with Crippen LogP contribution < -0.4 is 9.64 Å². The summed E-state index contributed by atoms with van der Waals surface area (Å²) in [5.41, 5.74) is 2.03. The number of pyridine rings is 1. The molecule has 1 saturated carbocycles. The third-order valence-corrected chi connectivity index (χ3v) is 6.79. The minimum atomic E-state index is -0.614. The fourth-order valence-electron chi connectivity index (χ4n) is 4.57. The molecule has 38 heavy (non-hydrogen) atoms. The molecular weight excluding hydrogens is 487 g/mol. The summed E-state index contributed by atoms with van der Waals surface area (Å²) < 4.78 is 26.1. The van der Waals surface area contributed by atoms with Crippen LogP contribution in [0.15, 0.2) is 54.7 Å². The summed E-state index contributed by atoms with van der Waals surface area (Å²) in [7, 11) is 0. The molecule has 0 radical (unpaired) electrons. The Morgan fingerprint density at radius 3 is 2.61 bits per heavy atom. The van der Waals surface area contributed by atoms with Crippen LogP contribution in [0.4, 0.5) is 10.2 Å². The van der Waals surface area contributed by atoms with Crippen molar-refractivity contribution in [2.45, 2.75) is 18.9 Å². The number of amides is 1. The average molecular weight is 511 g/mol. The molecule has 0 unspecified atom stereocenters. The second kappa shape index (κ2) is 9.63. The third-order valence-electron chi connectivity index (χ3n) is 6.79. The first-order chi connectivity index (χ1) is 18.5. The van der Waals surface area contributed by atoms with Crippen LogP contribution in [0.25, 0.3) is 11.8 Å². The van der Waals surface area contributed by atoms with Gasteiger partial charge in [-0.2, -0.15) is 5.26 Å². The zero-order valence-electron chi connectivity index (χ0n) is 20.4. The normalized spacial score (nSPS) is 17.7. The molecule has 2 aliphatic heterocycles. The van der Waals surface area contributed by atoms with Crippen molar-refractivity contribution >= 4 is 29.5 Å². The lowest BCUT2D eigenvalue weighted by Crippen LogP contribution is -2.49. The maximum absolute atomic E-state index is 14.8. The Kier molecular flexibility index (Phi) is 6.00. The van der Waals surface area contributed by atoms with Gasteiger partial charge >= 0.3 is 5.97 Å². The van der Waals surface area contributed by atoms with E-state index >= 15 is 0 Å². The highest BCUT2D eigenvalue weighted by Gasteiger charge is 2.30. The first-order valence-electron chi connectivity index (χ1n) is 12.4. The summed E-state index contributed by atoms with van der Waals surface area (Å²) >= 11 is 0. The predicted molar refractivity (Wildman–Crippen MR) is 137 cm³/mol. The van der Waals surface area contributed by atoms with E-state index in [1.54, 1.807) is 47.4 Å². The number of esters is 1. The quantitative estimate of drug-likeness (QED) is 0.473. The smallest absolute Gasteiger partial charge is 0.344 e. The summed E-state index contributed by atoms with van der Waals surface area (Å²) in [6.45, 7) is 1.88. The lowest BCUT2D eigenvalue weighted by molar-refractivity contribution is 0.0714. The summed E-state index contributed by atoms with van der Waals surface area (Å²) in [6, 6.07) is 15.0. The fraction of sp³-hybridized carbons (Fsp3) is 0.241. The summed E-state index contributed by atoms with van der Waals surface area (Å²) in [5, 5.41) is 8.95. The number of piperazine rings is 1. The SMILES string of the molecule is N#Cc1ccc(N2CCN(C(=O)c3cc(/C=C4\OC(=O)c5ccc(OC6CC6)cc54)ccc3F)CC2)nc1. The molecule has 1 aromatic heterocycles. The minimum absolute atomic E-state index is 0.0420. The molecule has 2 fully saturated rings. The molecule has 190 valence electrons. The zero-order valence-corrected chi connectivity index (χ0v) is 20.4. The molecule has 8 nitrogen and oxygen atoms in total. The van der Waals surface area contributed by atoms with Gasteiger partial charge in [0.2, 0.25) is 0 Å². The fourth-order valence-corrected chi connectivity index (χ4v) is 4.57. The van der Waals surface area contributed by atoms with E-state index in [1.807, 2.05) is 11.0 Å². The van der Waals surface area contributed by atoms with Crippen molar-refractivity contribution in [2.75, 3.05) is 31.1 Å². The van der Waals surface area contributed by atoms with Crippen LogP contribution in [-0.2, 0) is 4.74 Å². The molecule has 6 rings (SSSR count). The molecule has 3 aliphatic rings. The summed E-state index contributed by atoms with van der Waals surface area (Å²) in [6.07, 6.45) is 5.40. The number of ether oxygens (including phenoxy) is 2. The first kappa shape index (κ1) is 23.7. The summed E-state index contributed by atoms with van der Waals surface area (Å²) in [5.74, 6) is 0.252. The van der Waals surface area contributed by atoms with Crippen LogP contribution >= 0.6 is 0 Å². The molecule has 3 aromatic rings. The average Bonchev–Trinajstić information content (AvgIpc) is 3.71. The van der Waals surface area contributed by atoms with E-state index in [2.05, 4.69) is 4.98 Å². The van der Waals surface area contributed by atoms with Crippen LogP contribution in [0, 0.1) is 17.1 Å². The third kappa shape index (κ3) is 4.68. The van der Waals surface area contributed by atoms with Crippen LogP contribution in [0.3, 0.4) is 0 Å². The molecule has 0 atom stereocenters. The second-order valence-corrected chi connectivity index (χ2v) is 9.46. The molecular formula is C29H23FN4O4. The standard InChI is InChI=1S/C29H23FN4O4/c30-25-7-1-18(14-26-23-15-21(37-20-3-4-20)5-6-22(23)29(36)38-26)13-24(25)28(35)34-11-9-33(10-12-34)27-8-2-19(16-31)17-32-27/h1-2,5-8,13-15,17,20H,3-4,9-12H2/b26-14-. The molecule has 1 aliphatic carbocycles. The Balaban J connectivity index is 1.19. The van der Waals surface area contributed by atoms with E-state index in [0.717, 1.165) is 18.7 Å². The van der Waals surface area contributed by atoms with Gasteiger partial charge in [0.25, 0.3) is 5.91 Å². The number of halogens is 1. The molecule has 0 N–H and O–H groups in total. The Hall–Kier alpha value is -4.71. The number of rotatable bonds is 5. The first-order valence-corrected chi connectivity index (χ1v) is 12.4. The maximum Gasteiger partial charge on any atom is 0.344 e. The van der Waals surface area contributed by atoms with E-state index < -0.39 is 17.7 Å². The number of nitriles is 1. The number of fused-ring (bicyclic) bond motifs is 1. The van der Waals surface area contributed by atoms with Gasteiger partial charge in [0.1, 0.15) is 29.2 Å². The minimum Gasteiger partial charge on any atom is -0.490 e. The Morgan fingerprint density at radius 1 is 1.08 bits per heavy atom. The number of aromatic nitrogens is 1. The van der Waals surface area contributed by atoms with Gasteiger partial charge < -0.3 is 19.3 Å². The predicted octanol–water partition coefficient (Wildman–Crippen LogP) is 4.26. The number of nitrogens with zero attached hydrogens (tertiary/aromatic N) is 4. The van der Waals surface area contributed by atoms with E-state index in [9.17, 15) is 14.0 Å². The number of hydrogen-bond donors (Lipinski definition) is 0. The van der Waals surface area contributed by atoms with Crippen molar-refractivity contribution in [3.8, 4) is 11.8 Å². The molecule has 2 aromatic carbocycles. The number of carbonyl (C=O) groups excluding carboxylic acids is 2. The largest absolute Gasteiger partial charge is 0.490 e.